The molecule has 1 aromatic heterocycles. The van der Waals surface area contributed by atoms with Crippen molar-refractivity contribution in [3.05, 3.63) is 59.4 Å². The minimum absolute atomic E-state index is 0.0473. The van der Waals surface area contributed by atoms with E-state index in [1.165, 1.54) is 24.3 Å². The van der Waals surface area contributed by atoms with E-state index in [0.29, 0.717) is 0 Å². The maximum Gasteiger partial charge on any atom is 0.274 e. The van der Waals surface area contributed by atoms with Crippen molar-refractivity contribution in [2.24, 2.45) is 0 Å². The van der Waals surface area contributed by atoms with E-state index in [1.807, 2.05) is 0 Å². The van der Waals surface area contributed by atoms with E-state index in [2.05, 4.69) is 10.3 Å². The van der Waals surface area contributed by atoms with Gasteiger partial charge in [0.25, 0.3) is 5.91 Å². The van der Waals surface area contributed by atoms with Gasteiger partial charge in [-0.2, -0.15) is 4.39 Å². The molecule has 3 nitrogen and oxygen atoms in total. The van der Waals surface area contributed by atoms with E-state index >= 15 is 0 Å². The summed E-state index contributed by atoms with van der Waals surface area (Å²) in [5.74, 6) is -1.96. The molecule has 0 fully saturated rings. The molecule has 0 spiro atoms. The standard InChI is InChI=1S/C13H10F2N2O/c1-8-5-6-9(14)11(7-8)17-13(18)10-3-2-4-12(15)16-10/h2-7H,1H3,(H,17,18). The maximum absolute atomic E-state index is 13.4. The van der Waals surface area contributed by atoms with Crippen LogP contribution >= 0.6 is 0 Å². The molecular formula is C13H10F2N2O. The summed E-state index contributed by atoms with van der Waals surface area (Å²) in [5, 5.41) is 2.35. The third-order valence-corrected chi connectivity index (χ3v) is 2.32. The van der Waals surface area contributed by atoms with Crippen LogP contribution in [0.4, 0.5) is 14.5 Å². The number of carbonyl (C=O) groups excluding carboxylic acids is 1. The Labute approximate surface area is 102 Å². The average molecular weight is 248 g/mol. The summed E-state index contributed by atoms with van der Waals surface area (Å²) in [4.78, 5) is 15.1. The highest BCUT2D eigenvalue weighted by molar-refractivity contribution is 6.02. The van der Waals surface area contributed by atoms with Crippen molar-refractivity contribution in [2.45, 2.75) is 6.92 Å². The van der Waals surface area contributed by atoms with Crippen molar-refractivity contribution < 1.29 is 13.6 Å². The molecule has 0 aliphatic carbocycles. The second-order valence-electron chi connectivity index (χ2n) is 3.78. The van der Waals surface area contributed by atoms with Crippen molar-refractivity contribution in [3.8, 4) is 0 Å². The van der Waals surface area contributed by atoms with Crippen LogP contribution in [0.15, 0.2) is 36.4 Å². The van der Waals surface area contributed by atoms with Crippen molar-refractivity contribution in [3.63, 3.8) is 0 Å². The van der Waals surface area contributed by atoms with Crippen LogP contribution in [0.25, 0.3) is 0 Å². The first kappa shape index (κ1) is 12.2. The summed E-state index contributed by atoms with van der Waals surface area (Å²) in [5.41, 5.74) is 0.751. The van der Waals surface area contributed by atoms with Crippen LogP contribution in [0.3, 0.4) is 0 Å². The fourth-order valence-electron chi connectivity index (χ4n) is 1.46. The van der Waals surface area contributed by atoms with Crippen molar-refractivity contribution in [1.29, 1.82) is 0 Å². The number of hydrogen-bond donors (Lipinski definition) is 1. The van der Waals surface area contributed by atoms with Gasteiger partial charge in [-0.1, -0.05) is 12.1 Å². The monoisotopic (exact) mass is 248 g/mol. The van der Waals surface area contributed by atoms with Crippen LogP contribution in [-0.4, -0.2) is 10.9 Å². The molecule has 1 N–H and O–H groups in total. The lowest BCUT2D eigenvalue weighted by Crippen LogP contribution is -2.15. The SMILES string of the molecule is Cc1ccc(F)c(NC(=O)c2cccc(F)n2)c1. The van der Waals surface area contributed by atoms with E-state index < -0.39 is 17.7 Å². The third-order valence-electron chi connectivity index (χ3n) is 2.32. The Bertz CT molecular complexity index is 599. The molecule has 1 heterocycles. The molecule has 0 radical (unpaired) electrons. The van der Waals surface area contributed by atoms with Gasteiger partial charge in [0.1, 0.15) is 11.5 Å². The number of hydrogen-bond acceptors (Lipinski definition) is 2. The number of carbonyl (C=O) groups is 1. The summed E-state index contributed by atoms with van der Waals surface area (Å²) in [6.45, 7) is 1.77. The fraction of sp³-hybridized carbons (Fsp3) is 0.0769. The number of benzene rings is 1. The molecule has 2 rings (SSSR count). The molecule has 2 aromatic rings. The average Bonchev–Trinajstić information content (AvgIpc) is 2.34. The summed E-state index contributed by atoms with van der Waals surface area (Å²) >= 11 is 0. The Hall–Kier alpha value is -2.30. The highest BCUT2D eigenvalue weighted by atomic mass is 19.1. The molecular weight excluding hydrogens is 238 g/mol. The highest BCUT2D eigenvalue weighted by Gasteiger charge is 2.11. The molecule has 0 saturated carbocycles. The number of rotatable bonds is 2. The number of halogens is 2. The third kappa shape index (κ3) is 2.68. The zero-order valence-electron chi connectivity index (χ0n) is 9.58. The first-order chi connectivity index (χ1) is 8.56. The molecule has 0 aliphatic heterocycles. The number of aryl methyl sites for hydroxylation is 1. The minimum atomic E-state index is -0.757. The second-order valence-corrected chi connectivity index (χ2v) is 3.78. The van der Waals surface area contributed by atoms with Gasteiger partial charge in [-0.05, 0) is 36.8 Å². The number of pyridine rings is 1. The van der Waals surface area contributed by atoms with Crippen LogP contribution < -0.4 is 5.32 Å². The Balaban J connectivity index is 2.24. The van der Waals surface area contributed by atoms with E-state index in [9.17, 15) is 13.6 Å². The predicted molar refractivity (Wildman–Crippen MR) is 63.3 cm³/mol. The molecule has 0 unspecified atom stereocenters. The number of nitrogens with one attached hydrogen (secondary N) is 1. The van der Waals surface area contributed by atoms with Gasteiger partial charge in [0.15, 0.2) is 0 Å². The number of aromatic nitrogens is 1. The summed E-state index contributed by atoms with van der Waals surface area (Å²) in [7, 11) is 0. The quantitative estimate of drug-likeness (QED) is 0.830. The van der Waals surface area contributed by atoms with Crippen LogP contribution in [0.2, 0.25) is 0 Å². The summed E-state index contributed by atoms with van der Waals surface area (Å²) in [6, 6.07) is 8.18. The number of nitrogens with zero attached hydrogens (tertiary/aromatic N) is 1. The van der Waals surface area contributed by atoms with E-state index in [-0.39, 0.29) is 11.4 Å². The molecule has 0 aliphatic rings. The molecule has 18 heavy (non-hydrogen) atoms. The Morgan fingerprint density at radius 1 is 1.22 bits per heavy atom. The lowest BCUT2D eigenvalue weighted by Gasteiger charge is -2.06. The molecule has 1 aromatic carbocycles. The molecule has 92 valence electrons. The normalized spacial score (nSPS) is 10.2. The van der Waals surface area contributed by atoms with Gasteiger partial charge in [0, 0.05) is 0 Å². The van der Waals surface area contributed by atoms with Gasteiger partial charge < -0.3 is 5.32 Å². The lowest BCUT2D eigenvalue weighted by molar-refractivity contribution is 0.102. The maximum atomic E-state index is 13.4. The van der Waals surface area contributed by atoms with Gasteiger partial charge in [0.05, 0.1) is 5.69 Å². The van der Waals surface area contributed by atoms with Crippen LogP contribution in [0.5, 0.6) is 0 Å². The van der Waals surface area contributed by atoms with Crippen molar-refractivity contribution in [1.82, 2.24) is 4.98 Å². The zero-order chi connectivity index (χ0) is 13.1. The first-order valence-electron chi connectivity index (χ1n) is 5.26. The van der Waals surface area contributed by atoms with Crippen LogP contribution in [-0.2, 0) is 0 Å². The smallest absolute Gasteiger partial charge is 0.274 e. The highest BCUT2D eigenvalue weighted by Crippen LogP contribution is 2.16. The van der Waals surface area contributed by atoms with E-state index in [1.54, 1.807) is 13.0 Å². The molecule has 0 bridgehead atoms. The van der Waals surface area contributed by atoms with Crippen LogP contribution in [0, 0.1) is 18.7 Å². The summed E-state index contributed by atoms with van der Waals surface area (Å²) < 4.78 is 26.3. The van der Waals surface area contributed by atoms with Gasteiger partial charge in [-0.25, -0.2) is 9.37 Å². The Kier molecular flexibility index (Phi) is 3.32. The van der Waals surface area contributed by atoms with E-state index in [0.717, 1.165) is 11.6 Å². The Morgan fingerprint density at radius 3 is 2.72 bits per heavy atom. The van der Waals surface area contributed by atoms with Crippen LogP contribution in [0.1, 0.15) is 16.1 Å². The number of anilines is 1. The number of amides is 1. The summed E-state index contributed by atoms with van der Waals surface area (Å²) in [6.07, 6.45) is 0. The first-order valence-corrected chi connectivity index (χ1v) is 5.26. The largest absolute Gasteiger partial charge is 0.318 e. The predicted octanol–water partition coefficient (Wildman–Crippen LogP) is 2.92. The van der Waals surface area contributed by atoms with Crippen molar-refractivity contribution >= 4 is 11.6 Å². The topological polar surface area (TPSA) is 42.0 Å². The van der Waals surface area contributed by atoms with Crippen molar-refractivity contribution in [2.75, 3.05) is 5.32 Å². The zero-order valence-corrected chi connectivity index (χ0v) is 9.58. The van der Waals surface area contributed by atoms with Gasteiger partial charge in [-0.3, -0.25) is 4.79 Å². The molecule has 5 heteroatoms. The van der Waals surface area contributed by atoms with Gasteiger partial charge in [0.2, 0.25) is 5.95 Å². The Morgan fingerprint density at radius 2 is 2.00 bits per heavy atom. The van der Waals surface area contributed by atoms with E-state index in [4.69, 9.17) is 0 Å². The van der Waals surface area contributed by atoms with Gasteiger partial charge in [-0.15, -0.1) is 0 Å². The minimum Gasteiger partial charge on any atom is -0.318 e. The van der Waals surface area contributed by atoms with Gasteiger partial charge >= 0.3 is 0 Å². The molecule has 0 saturated heterocycles. The molecule has 0 atom stereocenters. The second kappa shape index (κ2) is 4.91. The lowest BCUT2D eigenvalue weighted by atomic mass is 10.2. The molecule has 1 amide bonds. The fourth-order valence-corrected chi connectivity index (χ4v) is 1.46.